The van der Waals surface area contributed by atoms with Crippen LogP contribution in [0.1, 0.15) is 27.2 Å². The van der Waals surface area contributed by atoms with Crippen LogP contribution in [0.3, 0.4) is 0 Å². The smallest absolute Gasteiger partial charge is 0.240 e. The van der Waals surface area contributed by atoms with E-state index >= 15 is 0 Å². The molecule has 2 saturated heterocycles. The number of hydrogen-bond acceptors (Lipinski definition) is 5. The molecule has 0 aliphatic carbocycles. The highest BCUT2D eigenvalue weighted by Crippen LogP contribution is 2.24. The van der Waals surface area contributed by atoms with Gasteiger partial charge in [-0.2, -0.15) is 0 Å². The number of carbonyl (C=O) groups is 1. The van der Waals surface area contributed by atoms with Crippen molar-refractivity contribution in [3.05, 3.63) is 0 Å². The molecule has 0 bridgehead atoms. The first-order valence-electron chi connectivity index (χ1n) is 8.19. The number of sulfone groups is 1. The first kappa shape index (κ1) is 17.7. The highest BCUT2D eigenvalue weighted by molar-refractivity contribution is 7.92. The number of rotatable bonds is 5. The molecule has 0 aromatic rings. The molecule has 0 spiro atoms. The molecular weight excluding hydrogens is 304 g/mol. The van der Waals surface area contributed by atoms with Crippen LogP contribution < -0.4 is 0 Å². The SMILES string of the molecule is CCCS(=O)(=O)[C@H](C)C(=O)N1C[C@@H](C)[C@H](N2CCOCC2)C1. The Kier molecular flexibility index (Phi) is 5.85. The summed E-state index contributed by atoms with van der Waals surface area (Å²) in [5, 5.41) is -0.928. The molecule has 0 radical (unpaired) electrons. The van der Waals surface area contributed by atoms with Gasteiger partial charge in [-0.1, -0.05) is 13.8 Å². The third kappa shape index (κ3) is 3.81. The van der Waals surface area contributed by atoms with E-state index in [1.165, 1.54) is 6.92 Å². The van der Waals surface area contributed by atoms with Crippen LogP contribution in [0, 0.1) is 5.92 Å². The fourth-order valence-electron chi connectivity index (χ4n) is 3.39. The summed E-state index contributed by atoms with van der Waals surface area (Å²) in [7, 11) is -3.33. The molecule has 2 aliphatic heterocycles. The topological polar surface area (TPSA) is 66.9 Å². The largest absolute Gasteiger partial charge is 0.379 e. The maximum atomic E-state index is 12.5. The van der Waals surface area contributed by atoms with Crippen LogP contribution in [0.4, 0.5) is 0 Å². The molecule has 7 heteroatoms. The number of carbonyl (C=O) groups excluding carboxylic acids is 1. The molecule has 2 rings (SSSR count). The van der Waals surface area contributed by atoms with E-state index in [-0.39, 0.29) is 11.7 Å². The predicted molar refractivity (Wildman–Crippen MR) is 85.5 cm³/mol. The van der Waals surface area contributed by atoms with E-state index in [1.807, 2.05) is 6.92 Å². The molecule has 0 aromatic carbocycles. The molecule has 6 nitrogen and oxygen atoms in total. The number of amides is 1. The van der Waals surface area contributed by atoms with Crippen molar-refractivity contribution in [1.82, 2.24) is 9.80 Å². The van der Waals surface area contributed by atoms with Gasteiger partial charge in [-0.15, -0.1) is 0 Å². The second-order valence-electron chi connectivity index (χ2n) is 6.45. The van der Waals surface area contributed by atoms with Gasteiger partial charge in [-0.05, 0) is 19.3 Å². The Balaban J connectivity index is 2.00. The normalized spacial score (nSPS) is 28.8. The van der Waals surface area contributed by atoms with Gasteiger partial charge < -0.3 is 9.64 Å². The number of morpholine rings is 1. The zero-order chi connectivity index (χ0) is 16.3. The van der Waals surface area contributed by atoms with Crippen LogP contribution >= 0.6 is 0 Å². The van der Waals surface area contributed by atoms with Crippen LogP contribution in [0.15, 0.2) is 0 Å². The minimum absolute atomic E-state index is 0.0796. The van der Waals surface area contributed by atoms with Crippen molar-refractivity contribution >= 4 is 15.7 Å². The Bertz CT molecular complexity index is 488. The quantitative estimate of drug-likeness (QED) is 0.728. The van der Waals surface area contributed by atoms with Gasteiger partial charge in [0.15, 0.2) is 9.84 Å². The van der Waals surface area contributed by atoms with Gasteiger partial charge in [0.05, 0.1) is 19.0 Å². The Labute approximate surface area is 133 Å². The Hall–Kier alpha value is -0.660. The van der Waals surface area contributed by atoms with E-state index in [0.29, 0.717) is 31.5 Å². The third-order valence-electron chi connectivity index (χ3n) is 4.77. The fraction of sp³-hybridized carbons (Fsp3) is 0.933. The van der Waals surface area contributed by atoms with Crippen LogP contribution in [0.2, 0.25) is 0 Å². The molecule has 22 heavy (non-hydrogen) atoms. The molecule has 2 fully saturated rings. The van der Waals surface area contributed by atoms with E-state index < -0.39 is 15.1 Å². The summed E-state index contributed by atoms with van der Waals surface area (Å²) in [5.74, 6) is 0.204. The first-order valence-corrected chi connectivity index (χ1v) is 9.90. The molecule has 0 N–H and O–H groups in total. The summed E-state index contributed by atoms with van der Waals surface area (Å²) >= 11 is 0. The van der Waals surface area contributed by atoms with Gasteiger partial charge in [-0.3, -0.25) is 9.69 Å². The molecule has 128 valence electrons. The van der Waals surface area contributed by atoms with Crippen molar-refractivity contribution < 1.29 is 17.9 Å². The number of nitrogens with zero attached hydrogens (tertiary/aromatic N) is 2. The molecule has 0 saturated carbocycles. The fourth-order valence-corrected chi connectivity index (χ4v) is 4.76. The van der Waals surface area contributed by atoms with Crippen molar-refractivity contribution in [2.75, 3.05) is 45.1 Å². The van der Waals surface area contributed by atoms with Crippen molar-refractivity contribution in [3.63, 3.8) is 0 Å². The van der Waals surface area contributed by atoms with Crippen LogP contribution in [0.25, 0.3) is 0 Å². The summed E-state index contributed by atoms with van der Waals surface area (Å²) in [6.07, 6.45) is 0.548. The minimum atomic E-state index is -3.33. The number of hydrogen-bond donors (Lipinski definition) is 0. The van der Waals surface area contributed by atoms with Crippen LogP contribution in [-0.4, -0.2) is 80.6 Å². The van der Waals surface area contributed by atoms with Crippen molar-refractivity contribution in [2.24, 2.45) is 5.92 Å². The van der Waals surface area contributed by atoms with Gasteiger partial charge in [0.25, 0.3) is 0 Å². The average molecular weight is 332 g/mol. The Morgan fingerprint density at radius 1 is 1.27 bits per heavy atom. The van der Waals surface area contributed by atoms with Crippen molar-refractivity contribution in [1.29, 1.82) is 0 Å². The zero-order valence-electron chi connectivity index (χ0n) is 13.8. The lowest BCUT2D eigenvalue weighted by atomic mass is 10.0. The lowest BCUT2D eigenvalue weighted by molar-refractivity contribution is -0.129. The molecule has 2 heterocycles. The summed E-state index contributed by atoms with van der Waals surface area (Å²) in [6.45, 7) is 10.0. The summed E-state index contributed by atoms with van der Waals surface area (Å²) < 4.78 is 29.6. The zero-order valence-corrected chi connectivity index (χ0v) is 14.6. The number of ether oxygens (including phenoxy) is 1. The average Bonchev–Trinajstić information content (AvgIpc) is 2.88. The molecular formula is C15H28N2O4S. The van der Waals surface area contributed by atoms with Gasteiger partial charge in [0.2, 0.25) is 5.91 Å². The lowest BCUT2D eigenvalue weighted by Gasteiger charge is -2.34. The van der Waals surface area contributed by atoms with Crippen LogP contribution in [-0.2, 0) is 19.4 Å². The van der Waals surface area contributed by atoms with Gasteiger partial charge in [0.1, 0.15) is 5.25 Å². The summed E-state index contributed by atoms with van der Waals surface area (Å²) in [6, 6.07) is 0.314. The summed E-state index contributed by atoms with van der Waals surface area (Å²) in [4.78, 5) is 16.7. The maximum Gasteiger partial charge on any atom is 0.240 e. The lowest BCUT2D eigenvalue weighted by Crippen LogP contribution is -2.47. The highest BCUT2D eigenvalue weighted by Gasteiger charge is 2.40. The van der Waals surface area contributed by atoms with Crippen molar-refractivity contribution in [3.8, 4) is 0 Å². The van der Waals surface area contributed by atoms with E-state index in [1.54, 1.807) is 4.90 Å². The number of likely N-dealkylation sites (tertiary alicyclic amines) is 1. The molecule has 0 aromatic heterocycles. The van der Waals surface area contributed by atoms with E-state index in [2.05, 4.69) is 11.8 Å². The van der Waals surface area contributed by atoms with E-state index in [4.69, 9.17) is 4.74 Å². The Morgan fingerprint density at radius 2 is 1.91 bits per heavy atom. The standard InChI is InChI=1S/C15H28N2O4S/c1-4-9-22(19,20)13(3)15(18)17-10-12(2)14(11-17)16-5-7-21-8-6-16/h12-14H,4-11H2,1-3H3/t12-,13-,14-/m1/s1. The Morgan fingerprint density at radius 3 is 2.50 bits per heavy atom. The van der Waals surface area contributed by atoms with Crippen molar-refractivity contribution in [2.45, 2.75) is 38.5 Å². The monoisotopic (exact) mass is 332 g/mol. The highest BCUT2D eigenvalue weighted by atomic mass is 32.2. The van der Waals surface area contributed by atoms with E-state index in [9.17, 15) is 13.2 Å². The first-order chi connectivity index (χ1) is 10.4. The van der Waals surface area contributed by atoms with Gasteiger partial charge in [-0.25, -0.2) is 8.42 Å². The third-order valence-corrected chi connectivity index (χ3v) is 7.03. The van der Waals surface area contributed by atoms with Gasteiger partial charge in [0, 0.05) is 32.2 Å². The predicted octanol–water partition coefficient (Wildman–Crippen LogP) is 0.379. The second-order valence-corrected chi connectivity index (χ2v) is 8.89. The van der Waals surface area contributed by atoms with Gasteiger partial charge >= 0.3 is 0 Å². The molecule has 2 aliphatic rings. The minimum Gasteiger partial charge on any atom is -0.379 e. The maximum absolute atomic E-state index is 12.5. The molecule has 3 atom stereocenters. The second kappa shape index (κ2) is 7.27. The summed E-state index contributed by atoms with van der Waals surface area (Å²) in [5.41, 5.74) is 0. The van der Waals surface area contributed by atoms with Crippen LogP contribution in [0.5, 0.6) is 0 Å². The molecule has 1 amide bonds. The molecule has 0 unspecified atom stereocenters. The van der Waals surface area contributed by atoms with E-state index in [0.717, 1.165) is 26.3 Å².